The molecule has 188 valence electrons. The summed E-state index contributed by atoms with van der Waals surface area (Å²) in [5, 5.41) is 0. The average molecular weight is 493 g/mol. The second-order valence-electron chi connectivity index (χ2n) is 9.49. The molecule has 2 heterocycles. The van der Waals surface area contributed by atoms with Gasteiger partial charge >= 0.3 is 6.09 Å². The number of halogens is 1. The maximum absolute atomic E-state index is 13.1. The predicted octanol–water partition coefficient (Wildman–Crippen LogP) is 4.84. The monoisotopic (exact) mass is 492 g/mol. The molecular weight excluding hydrogens is 463 g/mol. The molecule has 0 atom stereocenters. The van der Waals surface area contributed by atoms with Gasteiger partial charge in [-0.05, 0) is 81.4 Å². The maximum Gasteiger partial charge on any atom is 0.410 e. The van der Waals surface area contributed by atoms with Crippen molar-refractivity contribution in [3.05, 3.63) is 72.2 Å². The largest absolute Gasteiger partial charge is 0.457 e. The molecule has 36 heavy (non-hydrogen) atoms. The summed E-state index contributed by atoms with van der Waals surface area (Å²) in [5.74, 6) is 0.141. The van der Waals surface area contributed by atoms with Gasteiger partial charge in [0.05, 0.1) is 5.69 Å². The molecule has 2 aromatic carbocycles. The molecule has 2 amide bonds. The fraction of sp³-hybridized carbons (Fsp3) is 0.296. The molecule has 0 saturated carbocycles. The first-order valence-corrected chi connectivity index (χ1v) is 11.7. The Bertz CT molecular complexity index is 1230. The number of amides is 2. The number of hydrogen-bond donors (Lipinski definition) is 1. The van der Waals surface area contributed by atoms with Gasteiger partial charge in [0.15, 0.2) is 0 Å². The van der Waals surface area contributed by atoms with Gasteiger partial charge in [-0.2, -0.15) is 0 Å². The summed E-state index contributed by atoms with van der Waals surface area (Å²) in [6, 6.07) is 16.5. The van der Waals surface area contributed by atoms with E-state index in [0.717, 1.165) is 11.3 Å². The topological polar surface area (TPSA) is 98.0 Å². The minimum Gasteiger partial charge on any atom is -0.457 e. The molecule has 0 aliphatic carbocycles. The number of ether oxygens (including phenoxy) is 2. The van der Waals surface area contributed by atoms with E-state index in [9.17, 15) is 14.0 Å². The highest BCUT2D eigenvalue weighted by Crippen LogP contribution is 2.28. The van der Waals surface area contributed by atoms with Crippen LogP contribution < -0.4 is 15.4 Å². The van der Waals surface area contributed by atoms with E-state index in [2.05, 4.69) is 9.88 Å². The fourth-order valence-corrected chi connectivity index (χ4v) is 3.78. The van der Waals surface area contributed by atoms with E-state index in [1.54, 1.807) is 35.2 Å². The molecule has 2 N–H and O–H groups in total. The summed E-state index contributed by atoms with van der Waals surface area (Å²) in [6.45, 7) is 7.66. The van der Waals surface area contributed by atoms with E-state index < -0.39 is 11.5 Å². The van der Waals surface area contributed by atoms with E-state index in [-0.39, 0.29) is 17.6 Å². The third-order valence-electron chi connectivity index (χ3n) is 5.56. The molecule has 0 unspecified atom stereocenters. The van der Waals surface area contributed by atoms with Crippen LogP contribution in [-0.4, -0.2) is 53.7 Å². The van der Waals surface area contributed by atoms with Crippen LogP contribution in [0.15, 0.2) is 60.7 Å². The van der Waals surface area contributed by atoms with Crippen LogP contribution in [0.1, 0.15) is 31.3 Å². The van der Waals surface area contributed by atoms with Crippen molar-refractivity contribution in [2.45, 2.75) is 26.4 Å². The maximum atomic E-state index is 13.1. The van der Waals surface area contributed by atoms with Crippen molar-refractivity contribution in [2.75, 3.05) is 31.1 Å². The summed E-state index contributed by atoms with van der Waals surface area (Å²) in [4.78, 5) is 32.6. The Kier molecular flexibility index (Phi) is 7.10. The third-order valence-corrected chi connectivity index (χ3v) is 5.56. The Morgan fingerprint density at radius 2 is 1.50 bits per heavy atom. The summed E-state index contributed by atoms with van der Waals surface area (Å²) in [6.07, 6.45) is -0.335. The second kappa shape index (κ2) is 10.2. The molecule has 9 heteroatoms. The highest BCUT2D eigenvalue weighted by Gasteiger charge is 2.26. The third kappa shape index (κ3) is 6.29. The molecule has 1 saturated heterocycles. The Hall–Kier alpha value is -4.14. The van der Waals surface area contributed by atoms with Crippen LogP contribution in [0, 0.1) is 5.82 Å². The van der Waals surface area contributed by atoms with Crippen LogP contribution in [0.3, 0.4) is 0 Å². The van der Waals surface area contributed by atoms with Crippen LogP contribution in [0.4, 0.5) is 14.9 Å². The van der Waals surface area contributed by atoms with Crippen molar-refractivity contribution in [1.82, 2.24) is 9.88 Å². The van der Waals surface area contributed by atoms with Crippen molar-refractivity contribution in [3.8, 4) is 22.8 Å². The highest BCUT2D eigenvalue weighted by atomic mass is 19.1. The number of rotatable bonds is 5. The van der Waals surface area contributed by atoms with Gasteiger partial charge in [-0.25, -0.2) is 14.2 Å². The Balaban J connectivity index is 1.50. The Morgan fingerprint density at radius 3 is 2.06 bits per heavy atom. The van der Waals surface area contributed by atoms with Crippen LogP contribution in [0.2, 0.25) is 0 Å². The number of carbonyl (C=O) groups is 2. The Morgan fingerprint density at radius 1 is 0.917 bits per heavy atom. The zero-order valence-corrected chi connectivity index (χ0v) is 20.5. The summed E-state index contributed by atoms with van der Waals surface area (Å²) in [5.41, 5.74) is 7.33. The van der Waals surface area contributed by atoms with Crippen LogP contribution in [-0.2, 0) is 4.74 Å². The van der Waals surface area contributed by atoms with Crippen LogP contribution in [0.5, 0.6) is 11.5 Å². The van der Waals surface area contributed by atoms with Crippen molar-refractivity contribution in [2.24, 2.45) is 5.73 Å². The van der Waals surface area contributed by atoms with Gasteiger partial charge < -0.3 is 25.0 Å². The smallest absolute Gasteiger partial charge is 0.410 e. The number of aromatic nitrogens is 1. The van der Waals surface area contributed by atoms with Gasteiger partial charge in [0.25, 0.3) is 5.91 Å². The highest BCUT2D eigenvalue weighted by molar-refractivity contribution is 5.92. The Labute approximate surface area is 209 Å². The van der Waals surface area contributed by atoms with Gasteiger partial charge in [0.1, 0.15) is 28.6 Å². The minimum atomic E-state index is -0.623. The lowest BCUT2D eigenvalue weighted by Crippen LogP contribution is -2.50. The first-order chi connectivity index (χ1) is 17.1. The molecular formula is C27H29FN4O4. The number of carbonyl (C=O) groups excluding carboxylic acids is 2. The molecule has 8 nitrogen and oxygen atoms in total. The molecule has 1 aliphatic heterocycles. The van der Waals surface area contributed by atoms with Gasteiger partial charge in [0, 0.05) is 37.4 Å². The molecule has 0 radical (unpaired) electrons. The standard InChI is InChI=1S/C27H29FN4O4/c1-27(2,3)36-26(34)32-14-12-31(13-15-32)20-16-23(30-24(17-20)25(29)33)18-4-8-21(9-5-18)35-22-10-6-19(28)7-11-22/h4-11,16-17H,12-15H2,1-3H3,(H2,29,33). The van der Waals surface area contributed by atoms with Gasteiger partial charge in [0.2, 0.25) is 0 Å². The van der Waals surface area contributed by atoms with E-state index in [1.165, 1.54) is 12.1 Å². The SMILES string of the molecule is CC(C)(C)OC(=O)N1CCN(c2cc(C(N)=O)nc(-c3ccc(Oc4ccc(F)cc4)cc3)c2)CC1. The van der Waals surface area contributed by atoms with Crippen LogP contribution >= 0.6 is 0 Å². The number of anilines is 1. The average Bonchev–Trinajstić information content (AvgIpc) is 2.84. The number of pyridine rings is 1. The second-order valence-corrected chi connectivity index (χ2v) is 9.49. The first kappa shape index (κ1) is 25.0. The van der Waals surface area contributed by atoms with Crippen molar-refractivity contribution >= 4 is 17.7 Å². The summed E-state index contributed by atoms with van der Waals surface area (Å²) in [7, 11) is 0. The van der Waals surface area contributed by atoms with E-state index in [1.807, 2.05) is 39.0 Å². The molecule has 3 aromatic rings. The lowest BCUT2D eigenvalue weighted by atomic mass is 10.1. The number of nitrogens with two attached hydrogens (primary N) is 1. The first-order valence-electron chi connectivity index (χ1n) is 11.7. The molecule has 0 spiro atoms. The molecule has 1 aliphatic rings. The quantitative estimate of drug-likeness (QED) is 0.548. The number of hydrogen-bond acceptors (Lipinski definition) is 6. The lowest BCUT2D eigenvalue weighted by molar-refractivity contribution is 0.0240. The van der Waals surface area contributed by atoms with E-state index >= 15 is 0 Å². The number of benzene rings is 2. The van der Waals surface area contributed by atoms with Gasteiger partial charge in [-0.1, -0.05) is 0 Å². The van der Waals surface area contributed by atoms with Gasteiger partial charge in [-0.15, -0.1) is 0 Å². The predicted molar refractivity (Wildman–Crippen MR) is 135 cm³/mol. The number of nitrogens with zero attached hydrogens (tertiary/aromatic N) is 3. The summed E-state index contributed by atoms with van der Waals surface area (Å²) >= 11 is 0. The molecule has 1 aromatic heterocycles. The molecule has 4 rings (SSSR count). The molecule has 0 bridgehead atoms. The minimum absolute atomic E-state index is 0.156. The van der Waals surface area contributed by atoms with Crippen molar-refractivity contribution < 1.29 is 23.5 Å². The van der Waals surface area contributed by atoms with Crippen molar-refractivity contribution in [3.63, 3.8) is 0 Å². The van der Waals surface area contributed by atoms with E-state index in [4.69, 9.17) is 15.2 Å². The zero-order valence-electron chi connectivity index (χ0n) is 20.5. The number of piperazine rings is 1. The van der Waals surface area contributed by atoms with Crippen LogP contribution in [0.25, 0.3) is 11.3 Å². The summed E-state index contributed by atoms with van der Waals surface area (Å²) < 4.78 is 24.3. The zero-order chi connectivity index (χ0) is 25.9. The van der Waals surface area contributed by atoms with Crippen molar-refractivity contribution in [1.29, 1.82) is 0 Å². The molecule has 1 fully saturated rings. The van der Waals surface area contributed by atoms with Gasteiger partial charge in [-0.3, -0.25) is 4.79 Å². The number of primary amides is 1. The fourth-order valence-electron chi connectivity index (χ4n) is 3.78. The lowest BCUT2D eigenvalue weighted by Gasteiger charge is -2.37. The normalized spacial score (nSPS) is 13.9. The van der Waals surface area contributed by atoms with E-state index in [0.29, 0.717) is 43.4 Å².